The molecule has 19 heavy (non-hydrogen) atoms. The van der Waals surface area contributed by atoms with Crippen molar-refractivity contribution in [2.24, 2.45) is 5.92 Å². The number of hydrogen-bond acceptors (Lipinski definition) is 4. The lowest BCUT2D eigenvalue weighted by atomic mass is 10.2. The van der Waals surface area contributed by atoms with Gasteiger partial charge in [0.05, 0.1) is 11.4 Å². The fourth-order valence-electron chi connectivity index (χ4n) is 1.63. The predicted octanol–water partition coefficient (Wildman–Crippen LogP) is 3.56. The summed E-state index contributed by atoms with van der Waals surface area (Å²) in [5.74, 6) is 2.49. The molecule has 0 radical (unpaired) electrons. The van der Waals surface area contributed by atoms with Crippen molar-refractivity contribution in [3.8, 4) is 0 Å². The highest BCUT2D eigenvalue weighted by molar-refractivity contribution is 7.99. The predicted molar refractivity (Wildman–Crippen MR) is 84.4 cm³/mol. The minimum Gasteiger partial charge on any atom is -0.311 e. The van der Waals surface area contributed by atoms with Crippen LogP contribution >= 0.6 is 11.8 Å². The van der Waals surface area contributed by atoms with Crippen LogP contribution in [0.4, 0.5) is 0 Å². The lowest BCUT2D eigenvalue weighted by Crippen LogP contribution is -2.20. The first kappa shape index (κ1) is 16.4. The van der Waals surface area contributed by atoms with Gasteiger partial charge in [0.1, 0.15) is 5.82 Å². The van der Waals surface area contributed by atoms with Gasteiger partial charge in [-0.3, -0.25) is 0 Å². The van der Waals surface area contributed by atoms with Crippen LogP contribution in [0.15, 0.2) is 6.07 Å². The number of thioether (sulfide) groups is 1. The van der Waals surface area contributed by atoms with E-state index in [1.165, 1.54) is 0 Å². The number of rotatable bonds is 6. The highest BCUT2D eigenvalue weighted by atomic mass is 32.2. The molecule has 3 nitrogen and oxygen atoms in total. The van der Waals surface area contributed by atoms with Gasteiger partial charge in [-0.1, -0.05) is 34.6 Å². The van der Waals surface area contributed by atoms with E-state index in [4.69, 9.17) is 0 Å². The summed E-state index contributed by atoms with van der Waals surface area (Å²) in [6.45, 7) is 15.0. The molecule has 0 saturated carbocycles. The zero-order chi connectivity index (χ0) is 14.5. The first-order valence-electron chi connectivity index (χ1n) is 6.94. The van der Waals surface area contributed by atoms with Crippen LogP contribution in [0.5, 0.6) is 0 Å². The maximum atomic E-state index is 4.64. The third kappa shape index (κ3) is 7.53. The molecule has 1 rings (SSSR count). The zero-order valence-corrected chi connectivity index (χ0v) is 13.9. The van der Waals surface area contributed by atoms with E-state index in [9.17, 15) is 0 Å². The number of nitrogens with one attached hydrogen (secondary N) is 1. The highest BCUT2D eigenvalue weighted by Crippen LogP contribution is 2.26. The van der Waals surface area contributed by atoms with Crippen molar-refractivity contribution in [3.63, 3.8) is 0 Å². The molecule has 0 atom stereocenters. The van der Waals surface area contributed by atoms with Crippen molar-refractivity contribution >= 4 is 11.8 Å². The molecule has 1 N–H and O–H groups in total. The number of aromatic nitrogens is 2. The van der Waals surface area contributed by atoms with Crippen molar-refractivity contribution in [2.75, 3.05) is 6.54 Å². The fraction of sp³-hybridized carbons (Fsp3) is 0.733. The van der Waals surface area contributed by atoms with E-state index in [2.05, 4.69) is 56.0 Å². The molecule has 0 saturated heterocycles. The molecule has 0 fully saturated rings. The van der Waals surface area contributed by atoms with E-state index in [0.717, 1.165) is 36.1 Å². The quantitative estimate of drug-likeness (QED) is 0.865. The molecule has 0 spiro atoms. The highest BCUT2D eigenvalue weighted by Gasteiger charge is 2.12. The maximum Gasteiger partial charge on any atom is 0.138 e. The Balaban J connectivity index is 2.61. The van der Waals surface area contributed by atoms with Gasteiger partial charge in [-0.05, 0) is 25.5 Å². The van der Waals surface area contributed by atoms with Crippen molar-refractivity contribution in [1.82, 2.24) is 15.3 Å². The second kappa shape index (κ2) is 7.25. The largest absolute Gasteiger partial charge is 0.311 e. The fourth-order valence-corrected chi connectivity index (χ4v) is 2.32. The van der Waals surface area contributed by atoms with E-state index in [1.807, 2.05) is 18.7 Å². The average molecular weight is 281 g/mol. The van der Waals surface area contributed by atoms with Crippen LogP contribution in [0.1, 0.15) is 51.8 Å². The second-order valence-corrected chi connectivity index (χ2v) is 8.14. The number of hydrogen-bond donors (Lipinski definition) is 1. The van der Waals surface area contributed by atoms with Crippen molar-refractivity contribution in [3.05, 3.63) is 23.3 Å². The molecule has 1 heterocycles. The molecule has 0 aliphatic heterocycles. The van der Waals surface area contributed by atoms with Crippen molar-refractivity contribution in [1.29, 1.82) is 0 Å². The monoisotopic (exact) mass is 281 g/mol. The van der Waals surface area contributed by atoms with Crippen molar-refractivity contribution < 1.29 is 0 Å². The van der Waals surface area contributed by atoms with Crippen molar-refractivity contribution in [2.45, 2.75) is 58.6 Å². The Bertz CT molecular complexity index is 397. The Morgan fingerprint density at radius 1 is 1.26 bits per heavy atom. The van der Waals surface area contributed by atoms with Crippen LogP contribution in [-0.2, 0) is 12.3 Å². The van der Waals surface area contributed by atoms with E-state index in [0.29, 0.717) is 5.92 Å². The number of aryl methyl sites for hydroxylation is 1. The van der Waals surface area contributed by atoms with Crippen LogP contribution < -0.4 is 5.32 Å². The van der Waals surface area contributed by atoms with Gasteiger partial charge >= 0.3 is 0 Å². The molecular weight excluding hydrogens is 254 g/mol. The summed E-state index contributed by atoms with van der Waals surface area (Å²) in [6, 6.07) is 2.07. The molecule has 0 aliphatic rings. The molecule has 0 unspecified atom stereocenters. The van der Waals surface area contributed by atoms with Crippen LogP contribution in [0.25, 0.3) is 0 Å². The Morgan fingerprint density at radius 2 is 1.95 bits per heavy atom. The minimum absolute atomic E-state index is 0.253. The Morgan fingerprint density at radius 3 is 2.53 bits per heavy atom. The summed E-state index contributed by atoms with van der Waals surface area (Å²) in [6.07, 6.45) is 0. The Kier molecular flexibility index (Phi) is 6.27. The number of nitrogens with zero attached hydrogens (tertiary/aromatic N) is 2. The van der Waals surface area contributed by atoms with E-state index >= 15 is 0 Å². The van der Waals surface area contributed by atoms with Gasteiger partial charge in [0.25, 0.3) is 0 Å². The molecule has 0 bridgehead atoms. The van der Waals surface area contributed by atoms with Gasteiger partial charge in [0.15, 0.2) is 0 Å². The minimum atomic E-state index is 0.253. The summed E-state index contributed by atoms with van der Waals surface area (Å²) >= 11 is 1.89. The zero-order valence-electron chi connectivity index (χ0n) is 13.1. The maximum absolute atomic E-state index is 4.64. The third-order valence-electron chi connectivity index (χ3n) is 2.45. The van der Waals surface area contributed by atoms with Gasteiger partial charge in [0, 0.05) is 17.0 Å². The third-order valence-corrected chi connectivity index (χ3v) is 3.72. The first-order chi connectivity index (χ1) is 8.76. The van der Waals surface area contributed by atoms with E-state index in [1.54, 1.807) is 0 Å². The van der Waals surface area contributed by atoms with Crippen LogP contribution in [0, 0.1) is 12.8 Å². The lowest BCUT2D eigenvalue weighted by molar-refractivity contribution is 0.547. The van der Waals surface area contributed by atoms with E-state index < -0.39 is 0 Å². The molecule has 0 amide bonds. The summed E-state index contributed by atoms with van der Waals surface area (Å²) in [4.78, 5) is 9.16. The average Bonchev–Trinajstić information content (AvgIpc) is 2.24. The Labute approximate surface area is 122 Å². The topological polar surface area (TPSA) is 37.8 Å². The lowest BCUT2D eigenvalue weighted by Gasteiger charge is -2.17. The second-order valence-electron chi connectivity index (χ2n) is 6.34. The summed E-state index contributed by atoms with van der Waals surface area (Å²) in [5.41, 5.74) is 2.15. The van der Waals surface area contributed by atoms with Gasteiger partial charge in [-0.2, -0.15) is 0 Å². The van der Waals surface area contributed by atoms with Gasteiger partial charge in [-0.25, -0.2) is 9.97 Å². The molecule has 1 aromatic rings. The smallest absolute Gasteiger partial charge is 0.138 e. The van der Waals surface area contributed by atoms with Gasteiger partial charge in [0.2, 0.25) is 0 Å². The molecule has 108 valence electrons. The molecule has 4 heteroatoms. The van der Waals surface area contributed by atoms with Gasteiger partial charge < -0.3 is 5.32 Å². The van der Waals surface area contributed by atoms with Crippen LogP contribution in [-0.4, -0.2) is 21.3 Å². The molecule has 0 aromatic carbocycles. The SMILES string of the molecule is Cc1cc(CNCC(C)C)nc(CSC(C)(C)C)n1. The standard InChI is InChI=1S/C15H27N3S/c1-11(2)8-16-9-13-7-12(3)17-14(18-13)10-19-15(4,5)6/h7,11,16H,8-10H2,1-6H3. The Hall–Kier alpha value is -0.610. The van der Waals surface area contributed by atoms with Gasteiger partial charge in [-0.15, -0.1) is 11.8 Å². The van der Waals surface area contributed by atoms with Crippen LogP contribution in [0.2, 0.25) is 0 Å². The normalized spacial score (nSPS) is 12.2. The molecule has 0 aliphatic carbocycles. The summed E-state index contributed by atoms with van der Waals surface area (Å²) in [7, 11) is 0. The first-order valence-corrected chi connectivity index (χ1v) is 7.93. The molecule has 1 aromatic heterocycles. The summed E-state index contributed by atoms with van der Waals surface area (Å²) < 4.78 is 0.253. The summed E-state index contributed by atoms with van der Waals surface area (Å²) in [5, 5.41) is 3.43. The van der Waals surface area contributed by atoms with Crippen LogP contribution in [0.3, 0.4) is 0 Å². The van der Waals surface area contributed by atoms with E-state index in [-0.39, 0.29) is 4.75 Å². The molecular formula is C15H27N3S.